The highest BCUT2D eigenvalue weighted by Crippen LogP contribution is 2.19. The van der Waals surface area contributed by atoms with Crippen molar-refractivity contribution in [1.82, 2.24) is 5.32 Å². The monoisotopic (exact) mass is 327 g/mol. The van der Waals surface area contributed by atoms with Crippen LogP contribution in [-0.2, 0) is 6.54 Å². The van der Waals surface area contributed by atoms with Crippen molar-refractivity contribution in [2.75, 3.05) is 11.8 Å². The molecule has 0 bridgehead atoms. The van der Waals surface area contributed by atoms with Gasteiger partial charge in [-0.3, -0.25) is 0 Å². The van der Waals surface area contributed by atoms with E-state index in [9.17, 15) is 4.39 Å². The number of rotatable bonds is 5. The predicted octanol–water partition coefficient (Wildman–Crippen LogP) is 3.91. The Morgan fingerprint density at radius 3 is 2.50 bits per heavy atom. The third kappa shape index (κ3) is 3.88. The number of benzene rings is 1. The van der Waals surface area contributed by atoms with Gasteiger partial charge in [-0.1, -0.05) is 22.0 Å². The lowest BCUT2D eigenvalue weighted by molar-refractivity contribution is 0.434. The van der Waals surface area contributed by atoms with E-state index in [4.69, 9.17) is 23.2 Å². The molecule has 0 fully saturated rings. The Bertz CT molecular complexity index is 356. The number of alkyl halides is 2. The minimum Gasteiger partial charge on any atom is -0.305 e. The summed E-state index contributed by atoms with van der Waals surface area (Å²) in [5, 5.41) is 3.26. The molecule has 0 heterocycles. The van der Waals surface area contributed by atoms with Gasteiger partial charge in [0.25, 0.3) is 0 Å². The molecule has 16 heavy (non-hydrogen) atoms. The van der Waals surface area contributed by atoms with E-state index in [1.54, 1.807) is 6.07 Å². The van der Waals surface area contributed by atoms with Gasteiger partial charge in [0.2, 0.25) is 0 Å². The lowest BCUT2D eigenvalue weighted by Gasteiger charge is -2.26. The highest BCUT2D eigenvalue weighted by Gasteiger charge is 2.21. The Labute approximate surface area is 113 Å². The van der Waals surface area contributed by atoms with Crippen molar-refractivity contribution in [1.29, 1.82) is 0 Å². The summed E-state index contributed by atoms with van der Waals surface area (Å²) in [5.41, 5.74) is 0.666. The van der Waals surface area contributed by atoms with Crippen molar-refractivity contribution in [2.45, 2.75) is 19.0 Å². The number of hydrogen-bond donors (Lipinski definition) is 1. The molecule has 0 aliphatic heterocycles. The zero-order chi connectivity index (χ0) is 12.2. The average molecular weight is 329 g/mol. The summed E-state index contributed by atoms with van der Waals surface area (Å²) >= 11 is 15.0. The molecule has 1 rings (SSSR count). The summed E-state index contributed by atoms with van der Waals surface area (Å²) in [7, 11) is 0. The van der Waals surface area contributed by atoms with Gasteiger partial charge in [-0.2, -0.15) is 0 Å². The fourth-order valence-corrected chi connectivity index (χ4v) is 2.07. The van der Waals surface area contributed by atoms with E-state index < -0.39 is 0 Å². The summed E-state index contributed by atoms with van der Waals surface area (Å²) in [5.74, 6) is 0.595. The molecule has 1 aromatic carbocycles. The first-order valence-electron chi connectivity index (χ1n) is 4.81. The molecule has 5 heteroatoms. The maximum atomic E-state index is 12.9. The van der Waals surface area contributed by atoms with E-state index in [1.807, 2.05) is 6.92 Å². The highest BCUT2D eigenvalue weighted by molar-refractivity contribution is 9.10. The van der Waals surface area contributed by atoms with Crippen LogP contribution in [-0.4, -0.2) is 17.3 Å². The van der Waals surface area contributed by atoms with Gasteiger partial charge in [-0.15, -0.1) is 23.2 Å². The van der Waals surface area contributed by atoms with Gasteiger partial charge in [-0.05, 0) is 24.6 Å². The molecule has 0 atom stereocenters. The molecule has 0 saturated carbocycles. The fraction of sp³-hybridized carbons (Fsp3) is 0.455. The molecular formula is C11H13BrCl2FN. The average Bonchev–Trinajstić information content (AvgIpc) is 2.27. The molecule has 0 spiro atoms. The van der Waals surface area contributed by atoms with Crippen LogP contribution in [0.15, 0.2) is 22.7 Å². The van der Waals surface area contributed by atoms with Crippen molar-refractivity contribution in [3.63, 3.8) is 0 Å². The maximum Gasteiger partial charge on any atom is 0.124 e. The summed E-state index contributed by atoms with van der Waals surface area (Å²) < 4.78 is 13.6. The second-order valence-electron chi connectivity index (χ2n) is 3.92. The van der Waals surface area contributed by atoms with Crippen LogP contribution in [0.3, 0.4) is 0 Å². The third-order valence-corrected chi connectivity index (χ3v) is 4.23. The van der Waals surface area contributed by atoms with E-state index in [-0.39, 0.29) is 11.4 Å². The second kappa shape index (κ2) is 6.20. The van der Waals surface area contributed by atoms with E-state index in [2.05, 4.69) is 21.2 Å². The van der Waals surface area contributed by atoms with Crippen LogP contribution in [0, 0.1) is 5.82 Å². The van der Waals surface area contributed by atoms with Gasteiger partial charge in [0.1, 0.15) is 5.82 Å². The zero-order valence-electron chi connectivity index (χ0n) is 8.87. The highest BCUT2D eigenvalue weighted by atomic mass is 79.9. The smallest absolute Gasteiger partial charge is 0.124 e. The minimum atomic E-state index is -0.309. The molecular weight excluding hydrogens is 316 g/mol. The first-order valence-corrected chi connectivity index (χ1v) is 6.68. The van der Waals surface area contributed by atoms with Crippen LogP contribution in [0.25, 0.3) is 0 Å². The van der Waals surface area contributed by atoms with Gasteiger partial charge in [0, 0.05) is 28.3 Å². The summed E-state index contributed by atoms with van der Waals surface area (Å²) in [6, 6.07) is 4.60. The Balaban J connectivity index is 2.67. The molecule has 90 valence electrons. The summed E-state index contributed by atoms with van der Waals surface area (Å²) in [6.07, 6.45) is 0. The van der Waals surface area contributed by atoms with E-state index in [0.29, 0.717) is 18.3 Å². The second-order valence-corrected chi connectivity index (χ2v) is 5.31. The molecule has 0 aromatic heterocycles. The fourth-order valence-electron chi connectivity index (χ4n) is 1.10. The van der Waals surface area contributed by atoms with Crippen molar-refractivity contribution in [3.05, 3.63) is 34.1 Å². The molecule has 0 aliphatic rings. The van der Waals surface area contributed by atoms with E-state index in [0.717, 1.165) is 10.0 Å². The van der Waals surface area contributed by atoms with Crippen LogP contribution < -0.4 is 5.32 Å². The molecule has 0 amide bonds. The van der Waals surface area contributed by atoms with Crippen LogP contribution in [0.2, 0.25) is 0 Å². The van der Waals surface area contributed by atoms with Gasteiger partial charge >= 0.3 is 0 Å². The predicted molar refractivity (Wildman–Crippen MR) is 70.8 cm³/mol. The van der Waals surface area contributed by atoms with Crippen LogP contribution in [0.4, 0.5) is 4.39 Å². The number of hydrogen-bond acceptors (Lipinski definition) is 1. The largest absolute Gasteiger partial charge is 0.305 e. The molecule has 1 nitrogen and oxygen atoms in total. The zero-order valence-corrected chi connectivity index (χ0v) is 12.0. The van der Waals surface area contributed by atoms with Crippen molar-refractivity contribution in [2.24, 2.45) is 0 Å². The van der Waals surface area contributed by atoms with Gasteiger partial charge in [0.15, 0.2) is 0 Å². The first kappa shape index (κ1) is 14.2. The minimum absolute atomic E-state index is 0.256. The lowest BCUT2D eigenvalue weighted by Crippen LogP contribution is -2.45. The topological polar surface area (TPSA) is 12.0 Å². The molecule has 0 saturated heterocycles. The first-order chi connectivity index (χ1) is 7.50. The van der Waals surface area contributed by atoms with Gasteiger partial charge in [-0.25, -0.2) is 4.39 Å². The molecule has 0 unspecified atom stereocenters. The lowest BCUT2D eigenvalue weighted by atomic mass is 10.1. The number of halogens is 4. The quantitative estimate of drug-likeness (QED) is 0.808. The Kier molecular flexibility index (Phi) is 5.51. The van der Waals surface area contributed by atoms with Crippen molar-refractivity contribution >= 4 is 39.1 Å². The molecule has 0 aliphatic carbocycles. The summed E-state index contributed by atoms with van der Waals surface area (Å²) in [4.78, 5) is 0. The van der Waals surface area contributed by atoms with E-state index in [1.165, 1.54) is 12.1 Å². The normalized spacial score (nSPS) is 11.8. The van der Waals surface area contributed by atoms with Crippen molar-refractivity contribution in [3.8, 4) is 0 Å². The third-order valence-electron chi connectivity index (χ3n) is 2.31. The van der Waals surface area contributed by atoms with Crippen molar-refractivity contribution < 1.29 is 4.39 Å². The summed E-state index contributed by atoms with van der Waals surface area (Å²) in [6.45, 7) is 2.54. The Hall–Kier alpha value is 0.170. The van der Waals surface area contributed by atoms with E-state index >= 15 is 0 Å². The maximum absolute atomic E-state index is 12.9. The van der Waals surface area contributed by atoms with Crippen LogP contribution >= 0.6 is 39.1 Å². The Morgan fingerprint density at radius 2 is 2.00 bits per heavy atom. The molecule has 1 N–H and O–H groups in total. The standard InChI is InChI=1S/C11H13BrCl2FN/c1-11(6-13,7-14)16-5-8-2-3-9(15)4-10(8)12/h2-4,16H,5-7H2,1H3. The van der Waals surface area contributed by atoms with Crippen LogP contribution in [0.1, 0.15) is 12.5 Å². The molecule has 0 radical (unpaired) electrons. The van der Waals surface area contributed by atoms with Gasteiger partial charge < -0.3 is 5.32 Å². The Morgan fingerprint density at radius 1 is 1.38 bits per heavy atom. The molecule has 1 aromatic rings. The SMILES string of the molecule is CC(CCl)(CCl)NCc1ccc(F)cc1Br. The number of nitrogens with one attached hydrogen (secondary N) is 1. The van der Waals surface area contributed by atoms with Gasteiger partial charge in [0.05, 0.1) is 0 Å². The van der Waals surface area contributed by atoms with Crippen LogP contribution in [0.5, 0.6) is 0 Å².